The van der Waals surface area contributed by atoms with Crippen LogP contribution in [0, 0.1) is 6.92 Å². The van der Waals surface area contributed by atoms with Crippen molar-refractivity contribution in [2.24, 2.45) is 0 Å². The lowest BCUT2D eigenvalue weighted by molar-refractivity contribution is -0.118. The minimum absolute atomic E-state index is 0.135. The minimum atomic E-state index is 0.135. The van der Waals surface area contributed by atoms with Gasteiger partial charge in [0, 0.05) is 29.6 Å². The quantitative estimate of drug-likeness (QED) is 0.846. The van der Waals surface area contributed by atoms with Gasteiger partial charge in [-0.05, 0) is 50.5 Å². The summed E-state index contributed by atoms with van der Waals surface area (Å²) in [5.41, 5.74) is 1.85. The van der Waals surface area contributed by atoms with Crippen molar-refractivity contribution in [3.05, 3.63) is 28.8 Å². The van der Waals surface area contributed by atoms with Gasteiger partial charge in [0.2, 0.25) is 5.91 Å². The summed E-state index contributed by atoms with van der Waals surface area (Å²) < 4.78 is 0. The van der Waals surface area contributed by atoms with E-state index >= 15 is 0 Å². The molecule has 0 radical (unpaired) electrons. The maximum Gasteiger partial charge on any atom is 0.227 e. The number of aryl methyl sites for hydroxylation is 1. The van der Waals surface area contributed by atoms with Gasteiger partial charge in [-0.15, -0.1) is 0 Å². The largest absolute Gasteiger partial charge is 0.309 e. The molecule has 1 saturated heterocycles. The second kappa shape index (κ2) is 5.74. The summed E-state index contributed by atoms with van der Waals surface area (Å²) in [5.74, 6) is 0.307. The van der Waals surface area contributed by atoms with Gasteiger partial charge in [-0.25, -0.2) is 0 Å². The van der Waals surface area contributed by atoms with E-state index in [0.717, 1.165) is 24.1 Å². The first kappa shape index (κ1) is 14.1. The van der Waals surface area contributed by atoms with Crippen LogP contribution >= 0.6 is 11.6 Å². The van der Waals surface area contributed by atoms with Gasteiger partial charge in [0.15, 0.2) is 0 Å². The molecule has 0 bridgehead atoms. The zero-order chi connectivity index (χ0) is 14.0. The number of amides is 1. The van der Waals surface area contributed by atoms with E-state index in [4.69, 9.17) is 11.6 Å². The zero-order valence-corrected chi connectivity index (χ0v) is 12.0. The van der Waals surface area contributed by atoms with E-state index in [1.807, 2.05) is 30.0 Å². The van der Waals surface area contributed by atoms with Gasteiger partial charge in [0.25, 0.3) is 0 Å². The highest BCUT2D eigenvalue weighted by molar-refractivity contribution is 6.31. The zero-order valence-electron chi connectivity index (χ0n) is 11.3. The number of anilines is 1. The highest BCUT2D eigenvalue weighted by Gasteiger charge is 2.32. The number of hydrogen-bond acceptors (Lipinski definition) is 2. The van der Waals surface area contributed by atoms with Crippen LogP contribution in [-0.4, -0.2) is 17.7 Å². The molecular weight excluding hydrogens is 262 g/mol. The van der Waals surface area contributed by atoms with Crippen molar-refractivity contribution in [1.29, 1.82) is 0 Å². The van der Waals surface area contributed by atoms with Crippen LogP contribution in [0.15, 0.2) is 18.2 Å². The third kappa shape index (κ3) is 3.16. The highest BCUT2D eigenvalue weighted by atomic mass is 35.5. The number of carbonyl (C=O) groups is 2. The lowest BCUT2D eigenvalue weighted by Crippen LogP contribution is -2.33. The monoisotopic (exact) mass is 279 g/mol. The van der Waals surface area contributed by atoms with Crippen molar-refractivity contribution in [2.45, 2.75) is 45.6 Å². The predicted octanol–water partition coefficient (Wildman–Crippen LogP) is 3.51. The Hall–Kier alpha value is -1.35. The van der Waals surface area contributed by atoms with E-state index in [-0.39, 0.29) is 17.7 Å². The molecule has 4 heteroatoms. The van der Waals surface area contributed by atoms with E-state index in [2.05, 4.69) is 0 Å². The van der Waals surface area contributed by atoms with Crippen LogP contribution in [0.2, 0.25) is 5.02 Å². The number of rotatable bonds is 4. The molecule has 0 aliphatic carbocycles. The normalized spacial score (nSPS) is 19.0. The summed E-state index contributed by atoms with van der Waals surface area (Å²) in [6.07, 6.45) is 2.65. The molecule has 1 unspecified atom stereocenters. The average Bonchev–Trinajstić information content (AvgIpc) is 2.71. The Morgan fingerprint density at radius 3 is 2.84 bits per heavy atom. The molecule has 2 rings (SSSR count). The fourth-order valence-corrected chi connectivity index (χ4v) is 2.64. The van der Waals surface area contributed by atoms with Gasteiger partial charge in [-0.3, -0.25) is 4.79 Å². The van der Waals surface area contributed by atoms with E-state index in [0.29, 0.717) is 17.9 Å². The SMILES string of the molecule is CC(=O)CCC1CCC(=O)N1c1ccc(Cl)c(C)c1. The molecule has 19 heavy (non-hydrogen) atoms. The molecule has 102 valence electrons. The second-order valence-corrected chi connectivity index (χ2v) is 5.54. The topological polar surface area (TPSA) is 37.4 Å². The second-order valence-electron chi connectivity index (χ2n) is 5.13. The fourth-order valence-electron chi connectivity index (χ4n) is 2.52. The molecule has 1 aromatic carbocycles. The molecular formula is C15H18ClNO2. The van der Waals surface area contributed by atoms with Gasteiger partial charge in [0.05, 0.1) is 0 Å². The van der Waals surface area contributed by atoms with Crippen LogP contribution in [0.4, 0.5) is 5.69 Å². The molecule has 1 aromatic rings. The number of nitrogens with zero attached hydrogens (tertiary/aromatic N) is 1. The lowest BCUT2D eigenvalue weighted by atomic mass is 10.1. The Morgan fingerprint density at radius 1 is 1.47 bits per heavy atom. The van der Waals surface area contributed by atoms with Crippen molar-refractivity contribution >= 4 is 29.0 Å². The number of Topliss-reactive ketones (excluding diaryl/α,β-unsaturated/α-hetero) is 1. The Bertz CT molecular complexity index is 513. The summed E-state index contributed by atoms with van der Waals surface area (Å²) in [5, 5.41) is 0.704. The molecule has 1 aliphatic heterocycles. The smallest absolute Gasteiger partial charge is 0.227 e. The van der Waals surface area contributed by atoms with E-state index in [1.54, 1.807) is 6.92 Å². The fraction of sp³-hybridized carbons (Fsp3) is 0.467. The first-order chi connectivity index (χ1) is 8.99. The summed E-state index contributed by atoms with van der Waals surface area (Å²) in [6, 6.07) is 5.77. The minimum Gasteiger partial charge on any atom is -0.309 e. The molecule has 0 N–H and O–H groups in total. The molecule has 1 atom stereocenters. The molecule has 0 saturated carbocycles. The van der Waals surface area contributed by atoms with Gasteiger partial charge < -0.3 is 9.69 Å². The molecule has 1 fully saturated rings. The summed E-state index contributed by atoms with van der Waals surface area (Å²) in [7, 11) is 0. The molecule has 1 heterocycles. The summed E-state index contributed by atoms with van der Waals surface area (Å²) in [4.78, 5) is 25.0. The number of ketones is 1. The standard InChI is InChI=1S/C15H18ClNO2/c1-10-9-13(5-7-14(10)16)17-12(4-3-11(2)18)6-8-15(17)19/h5,7,9,12H,3-4,6,8H2,1-2H3. The first-order valence-corrected chi connectivity index (χ1v) is 6.94. The van der Waals surface area contributed by atoms with E-state index < -0.39 is 0 Å². The van der Waals surface area contributed by atoms with Crippen molar-refractivity contribution < 1.29 is 9.59 Å². The maximum absolute atomic E-state index is 12.0. The number of hydrogen-bond donors (Lipinski definition) is 0. The number of benzene rings is 1. The lowest BCUT2D eigenvalue weighted by Gasteiger charge is -2.25. The maximum atomic E-state index is 12.0. The van der Waals surface area contributed by atoms with Crippen molar-refractivity contribution in [1.82, 2.24) is 0 Å². The third-order valence-electron chi connectivity index (χ3n) is 3.57. The van der Waals surface area contributed by atoms with Gasteiger partial charge in [-0.1, -0.05) is 11.6 Å². The van der Waals surface area contributed by atoms with Crippen molar-refractivity contribution in [3.8, 4) is 0 Å². The predicted molar refractivity (Wildman–Crippen MR) is 76.6 cm³/mol. The van der Waals surface area contributed by atoms with Crippen molar-refractivity contribution in [3.63, 3.8) is 0 Å². The molecule has 3 nitrogen and oxygen atoms in total. The van der Waals surface area contributed by atoms with Gasteiger partial charge in [-0.2, -0.15) is 0 Å². The van der Waals surface area contributed by atoms with Crippen LogP contribution in [0.25, 0.3) is 0 Å². The number of halogens is 1. The molecule has 1 amide bonds. The van der Waals surface area contributed by atoms with Gasteiger partial charge >= 0.3 is 0 Å². The first-order valence-electron chi connectivity index (χ1n) is 6.56. The summed E-state index contributed by atoms with van der Waals surface area (Å²) >= 11 is 6.01. The van der Waals surface area contributed by atoms with Crippen LogP contribution in [0.3, 0.4) is 0 Å². The van der Waals surface area contributed by atoms with Crippen LogP contribution in [-0.2, 0) is 9.59 Å². The molecule has 0 spiro atoms. The molecule has 1 aliphatic rings. The number of carbonyl (C=O) groups excluding carboxylic acids is 2. The van der Waals surface area contributed by atoms with E-state index in [9.17, 15) is 9.59 Å². The van der Waals surface area contributed by atoms with Crippen molar-refractivity contribution in [2.75, 3.05) is 4.90 Å². The van der Waals surface area contributed by atoms with Crippen LogP contribution < -0.4 is 4.90 Å². The third-order valence-corrected chi connectivity index (χ3v) is 4.00. The Labute approximate surface area is 118 Å². The summed E-state index contributed by atoms with van der Waals surface area (Å²) in [6.45, 7) is 3.52. The van der Waals surface area contributed by atoms with E-state index in [1.165, 1.54) is 0 Å². The Balaban J connectivity index is 2.20. The van der Waals surface area contributed by atoms with Crippen LogP contribution in [0.5, 0.6) is 0 Å². The molecule has 0 aromatic heterocycles. The Morgan fingerprint density at radius 2 is 2.21 bits per heavy atom. The average molecular weight is 280 g/mol. The van der Waals surface area contributed by atoms with Gasteiger partial charge in [0.1, 0.15) is 5.78 Å². The highest BCUT2D eigenvalue weighted by Crippen LogP contribution is 2.31. The van der Waals surface area contributed by atoms with Crippen LogP contribution in [0.1, 0.15) is 38.2 Å². The Kier molecular flexibility index (Phi) is 4.25.